The van der Waals surface area contributed by atoms with Gasteiger partial charge >= 0.3 is 0 Å². The van der Waals surface area contributed by atoms with Gasteiger partial charge in [-0.05, 0) is 44.9 Å². The van der Waals surface area contributed by atoms with Gasteiger partial charge in [0.25, 0.3) is 0 Å². The minimum Gasteiger partial charge on any atom is -0.394 e. The fourth-order valence-electron chi connectivity index (χ4n) is 0.885. The summed E-state index contributed by atoms with van der Waals surface area (Å²) in [4.78, 5) is 2.10. The molecule has 4 heteroatoms. The van der Waals surface area contributed by atoms with Gasteiger partial charge in [0.05, 0.1) is 6.61 Å². The van der Waals surface area contributed by atoms with Crippen molar-refractivity contribution in [3.8, 4) is 0 Å². The lowest BCUT2D eigenvalue weighted by Gasteiger charge is -2.10. The molecule has 0 aromatic rings. The molecule has 0 atom stereocenters. The molecule has 0 amide bonds. The fraction of sp³-hybridized carbons (Fsp3) is 0.556. The molecule has 76 valence electrons. The summed E-state index contributed by atoms with van der Waals surface area (Å²) in [7, 11) is 5.93. The molecule has 0 unspecified atom stereocenters. The zero-order valence-electron chi connectivity index (χ0n) is 8.45. The van der Waals surface area contributed by atoms with Gasteiger partial charge in [0, 0.05) is 13.6 Å². The highest BCUT2D eigenvalue weighted by Crippen LogP contribution is 1.98. The van der Waals surface area contributed by atoms with E-state index in [9.17, 15) is 0 Å². The van der Waals surface area contributed by atoms with E-state index in [2.05, 4.69) is 27.3 Å². The van der Waals surface area contributed by atoms with E-state index in [1.165, 1.54) is 5.57 Å². The molecule has 0 aliphatic rings. The molecule has 0 spiro atoms. The molecular formula is C9H18N2OS. The van der Waals surface area contributed by atoms with E-state index in [0.29, 0.717) is 6.61 Å². The molecule has 0 aromatic heterocycles. The Kier molecular flexibility index (Phi) is 7.88. The highest BCUT2D eigenvalue weighted by molar-refractivity contribution is 7.75. The quantitative estimate of drug-likeness (QED) is 0.383. The molecular weight excluding hydrogens is 184 g/mol. The molecule has 13 heavy (non-hydrogen) atoms. The summed E-state index contributed by atoms with van der Waals surface area (Å²) in [6.45, 7) is 1.43. The van der Waals surface area contributed by atoms with Crippen LogP contribution in [-0.2, 0) is 4.18 Å². The summed E-state index contributed by atoms with van der Waals surface area (Å²) in [5.41, 5.74) is 1.20. The Morgan fingerprint density at radius 2 is 2.23 bits per heavy atom. The van der Waals surface area contributed by atoms with E-state index in [1.54, 1.807) is 0 Å². The summed E-state index contributed by atoms with van der Waals surface area (Å²) in [5.74, 6) is 0. The second-order valence-corrected chi connectivity index (χ2v) is 3.19. The van der Waals surface area contributed by atoms with E-state index < -0.39 is 0 Å². The Labute approximate surface area is 86.1 Å². The number of hydrogen-bond donors (Lipinski definition) is 2. The fourth-order valence-corrected chi connectivity index (χ4v) is 0.960. The van der Waals surface area contributed by atoms with Crippen molar-refractivity contribution in [1.29, 1.82) is 0 Å². The SMILES string of the molecule is CN/C=C\C(=C/COS)CN(C)C. The second kappa shape index (κ2) is 8.16. The van der Waals surface area contributed by atoms with Crippen LogP contribution in [0, 0.1) is 0 Å². The maximum atomic E-state index is 4.68. The predicted octanol–water partition coefficient (Wildman–Crippen LogP) is 1.07. The van der Waals surface area contributed by atoms with Crippen LogP contribution in [-0.4, -0.2) is 39.2 Å². The van der Waals surface area contributed by atoms with Crippen LogP contribution >= 0.6 is 12.9 Å². The zero-order valence-corrected chi connectivity index (χ0v) is 9.34. The summed E-state index contributed by atoms with van der Waals surface area (Å²) in [6.07, 6.45) is 5.92. The number of nitrogens with one attached hydrogen (secondary N) is 1. The molecule has 0 aliphatic heterocycles. The normalized spacial score (nSPS) is 12.8. The van der Waals surface area contributed by atoms with Gasteiger partial charge < -0.3 is 14.4 Å². The molecule has 0 rings (SSSR count). The van der Waals surface area contributed by atoms with Crippen LogP contribution in [0.3, 0.4) is 0 Å². The second-order valence-electron chi connectivity index (χ2n) is 2.93. The van der Waals surface area contributed by atoms with Gasteiger partial charge in [0.1, 0.15) is 0 Å². The van der Waals surface area contributed by atoms with Crippen LogP contribution in [0.2, 0.25) is 0 Å². The molecule has 1 N–H and O–H groups in total. The Bertz CT molecular complexity index is 178. The van der Waals surface area contributed by atoms with Crippen molar-refractivity contribution < 1.29 is 4.18 Å². The first-order chi connectivity index (χ1) is 6.20. The average molecular weight is 202 g/mol. The van der Waals surface area contributed by atoms with E-state index >= 15 is 0 Å². The molecule has 3 nitrogen and oxygen atoms in total. The van der Waals surface area contributed by atoms with Crippen LogP contribution in [0.25, 0.3) is 0 Å². The molecule has 0 saturated carbocycles. The standard InChI is InChI=1S/C9H18N2OS/c1-10-6-4-9(5-7-12-13)8-11(2)3/h4-6,10,13H,7-8H2,1-3H3/b6-4-,9-5+. The first-order valence-corrected chi connectivity index (χ1v) is 4.51. The van der Waals surface area contributed by atoms with Crippen molar-refractivity contribution in [2.45, 2.75) is 0 Å². The predicted molar refractivity (Wildman–Crippen MR) is 59.8 cm³/mol. The van der Waals surface area contributed by atoms with Crippen molar-refractivity contribution in [3.63, 3.8) is 0 Å². The number of nitrogens with zero attached hydrogens (tertiary/aromatic N) is 1. The smallest absolute Gasteiger partial charge is 0.0798 e. The third kappa shape index (κ3) is 7.90. The monoisotopic (exact) mass is 202 g/mol. The summed E-state index contributed by atoms with van der Waals surface area (Å²) in [6, 6.07) is 0. The maximum absolute atomic E-state index is 4.68. The lowest BCUT2D eigenvalue weighted by atomic mass is 10.2. The van der Waals surface area contributed by atoms with Crippen LogP contribution < -0.4 is 5.32 Å². The lowest BCUT2D eigenvalue weighted by Crippen LogP contribution is -2.14. The Hall–Kier alpha value is -0.450. The molecule has 0 aliphatic carbocycles. The van der Waals surface area contributed by atoms with Crippen molar-refractivity contribution in [2.75, 3.05) is 34.3 Å². The van der Waals surface area contributed by atoms with Crippen molar-refractivity contribution in [2.24, 2.45) is 0 Å². The van der Waals surface area contributed by atoms with E-state index in [-0.39, 0.29) is 0 Å². The van der Waals surface area contributed by atoms with Gasteiger partial charge in [0.2, 0.25) is 0 Å². The Morgan fingerprint density at radius 3 is 2.69 bits per heavy atom. The van der Waals surface area contributed by atoms with Gasteiger partial charge in [-0.2, -0.15) is 0 Å². The van der Waals surface area contributed by atoms with Gasteiger partial charge in [0.15, 0.2) is 0 Å². The molecule has 0 bridgehead atoms. The van der Waals surface area contributed by atoms with Gasteiger partial charge in [-0.25, -0.2) is 0 Å². The summed E-state index contributed by atoms with van der Waals surface area (Å²) < 4.78 is 4.68. The van der Waals surface area contributed by atoms with Crippen LogP contribution in [0.4, 0.5) is 0 Å². The van der Waals surface area contributed by atoms with Crippen molar-refractivity contribution >= 4 is 12.9 Å². The van der Waals surface area contributed by atoms with Gasteiger partial charge in [-0.3, -0.25) is 0 Å². The first kappa shape index (κ1) is 12.6. The van der Waals surface area contributed by atoms with Gasteiger partial charge in [-0.15, -0.1) is 0 Å². The van der Waals surface area contributed by atoms with Crippen LogP contribution in [0.1, 0.15) is 0 Å². The first-order valence-electron chi connectivity index (χ1n) is 4.14. The van der Waals surface area contributed by atoms with Crippen LogP contribution in [0.15, 0.2) is 23.9 Å². The third-order valence-electron chi connectivity index (χ3n) is 1.38. The third-order valence-corrected chi connectivity index (χ3v) is 1.53. The number of thiol groups is 1. The average Bonchev–Trinajstić information content (AvgIpc) is 2.09. The Balaban J connectivity index is 4.10. The maximum Gasteiger partial charge on any atom is 0.0798 e. The van der Waals surface area contributed by atoms with E-state index in [4.69, 9.17) is 0 Å². The molecule has 0 saturated heterocycles. The zero-order chi connectivity index (χ0) is 10.1. The van der Waals surface area contributed by atoms with E-state index in [1.807, 2.05) is 39.5 Å². The summed E-state index contributed by atoms with van der Waals surface area (Å²) in [5, 5.41) is 2.95. The highest BCUT2D eigenvalue weighted by atomic mass is 32.1. The minimum atomic E-state index is 0.528. The minimum absolute atomic E-state index is 0.528. The lowest BCUT2D eigenvalue weighted by molar-refractivity contribution is 0.426. The number of hydrogen-bond acceptors (Lipinski definition) is 4. The highest BCUT2D eigenvalue weighted by Gasteiger charge is 1.94. The molecule has 0 aromatic carbocycles. The molecule has 0 heterocycles. The van der Waals surface area contributed by atoms with Crippen LogP contribution in [0.5, 0.6) is 0 Å². The largest absolute Gasteiger partial charge is 0.394 e. The summed E-state index contributed by atoms with van der Waals surface area (Å²) >= 11 is 3.68. The van der Waals surface area contributed by atoms with Gasteiger partial charge in [-0.1, -0.05) is 6.08 Å². The number of rotatable bonds is 6. The van der Waals surface area contributed by atoms with E-state index in [0.717, 1.165) is 6.54 Å². The van der Waals surface area contributed by atoms with Crippen molar-refractivity contribution in [3.05, 3.63) is 23.9 Å². The topological polar surface area (TPSA) is 24.5 Å². The molecule has 0 radical (unpaired) electrons. The molecule has 0 fully saturated rings. The Morgan fingerprint density at radius 1 is 1.54 bits per heavy atom. The van der Waals surface area contributed by atoms with Crippen molar-refractivity contribution in [1.82, 2.24) is 10.2 Å². The number of likely N-dealkylation sites (N-methyl/N-ethyl adjacent to an activating group) is 1.